The summed E-state index contributed by atoms with van der Waals surface area (Å²) in [7, 11) is 0. The first-order chi connectivity index (χ1) is 8.11. The summed E-state index contributed by atoms with van der Waals surface area (Å²) >= 11 is 0. The molecule has 0 aliphatic heterocycles. The number of H-pyrrole nitrogens is 1. The molecule has 0 atom stereocenters. The third kappa shape index (κ3) is 2.13. The number of hydrogen-bond acceptors (Lipinski definition) is 4. The predicted octanol–water partition coefficient (Wildman–Crippen LogP) is 1.62. The van der Waals surface area contributed by atoms with Crippen molar-refractivity contribution < 1.29 is 19.4 Å². The topological polar surface area (TPSA) is 79.4 Å². The number of aromatic amines is 1. The number of aromatic nitrogens is 1. The maximum atomic E-state index is 11.6. The van der Waals surface area contributed by atoms with Crippen LogP contribution in [0.25, 0.3) is 10.9 Å². The Bertz CT molecular complexity index is 585. The van der Waals surface area contributed by atoms with Gasteiger partial charge in [0.05, 0.1) is 12.3 Å². The standard InChI is InChI=1S/C12H11NO4/c1-2-17-12(16)11(15)10-6-7-5-8(14)3-4-9(7)13-10/h3-6,13-14H,2H2,1H3. The third-order valence-electron chi connectivity index (χ3n) is 2.31. The number of fused-ring (bicyclic) bond motifs is 1. The number of phenols is 1. The number of ether oxygens (including phenoxy) is 1. The zero-order chi connectivity index (χ0) is 12.4. The van der Waals surface area contributed by atoms with Crippen molar-refractivity contribution in [3.8, 4) is 5.75 Å². The lowest BCUT2D eigenvalue weighted by Gasteiger charge is -1.97. The molecule has 1 heterocycles. The Kier molecular flexibility index (Phi) is 2.82. The fraction of sp³-hybridized carbons (Fsp3) is 0.167. The number of nitrogens with one attached hydrogen (secondary N) is 1. The molecule has 0 unspecified atom stereocenters. The van der Waals surface area contributed by atoms with Crippen LogP contribution in [0.15, 0.2) is 24.3 Å². The van der Waals surface area contributed by atoms with Crippen LogP contribution in [0, 0.1) is 0 Å². The second kappa shape index (κ2) is 4.29. The molecule has 0 saturated heterocycles. The molecule has 1 aromatic heterocycles. The van der Waals surface area contributed by atoms with E-state index in [-0.39, 0.29) is 18.1 Å². The maximum absolute atomic E-state index is 11.6. The molecule has 0 aliphatic carbocycles. The second-order valence-corrected chi connectivity index (χ2v) is 3.50. The Balaban J connectivity index is 2.36. The van der Waals surface area contributed by atoms with Crippen molar-refractivity contribution >= 4 is 22.7 Å². The highest BCUT2D eigenvalue weighted by Gasteiger charge is 2.19. The van der Waals surface area contributed by atoms with Gasteiger partial charge >= 0.3 is 5.97 Å². The smallest absolute Gasteiger partial charge is 0.381 e. The summed E-state index contributed by atoms with van der Waals surface area (Å²) < 4.78 is 4.62. The van der Waals surface area contributed by atoms with Crippen molar-refractivity contribution in [1.82, 2.24) is 4.98 Å². The monoisotopic (exact) mass is 233 g/mol. The molecule has 0 bridgehead atoms. The summed E-state index contributed by atoms with van der Waals surface area (Å²) in [4.78, 5) is 25.7. The Labute approximate surface area is 97.0 Å². The number of benzene rings is 1. The van der Waals surface area contributed by atoms with E-state index in [1.54, 1.807) is 13.0 Å². The van der Waals surface area contributed by atoms with E-state index in [0.717, 1.165) is 0 Å². The lowest BCUT2D eigenvalue weighted by molar-refractivity contribution is -0.137. The van der Waals surface area contributed by atoms with Crippen LogP contribution in [-0.4, -0.2) is 28.4 Å². The van der Waals surface area contributed by atoms with Crippen molar-refractivity contribution in [3.05, 3.63) is 30.0 Å². The average Bonchev–Trinajstić information content (AvgIpc) is 2.71. The summed E-state index contributed by atoms with van der Waals surface area (Å²) in [6.45, 7) is 1.79. The van der Waals surface area contributed by atoms with Crippen LogP contribution in [-0.2, 0) is 9.53 Å². The number of phenolic OH excluding ortho intramolecular Hbond substituents is 1. The zero-order valence-corrected chi connectivity index (χ0v) is 9.19. The van der Waals surface area contributed by atoms with Gasteiger partial charge in [-0.05, 0) is 31.2 Å². The van der Waals surface area contributed by atoms with Gasteiger partial charge < -0.3 is 14.8 Å². The lowest BCUT2D eigenvalue weighted by Crippen LogP contribution is -2.17. The van der Waals surface area contributed by atoms with Crippen LogP contribution in [0.4, 0.5) is 0 Å². The van der Waals surface area contributed by atoms with Gasteiger partial charge in [-0.3, -0.25) is 4.79 Å². The fourth-order valence-electron chi connectivity index (χ4n) is 1.55. The van der Waals surface area contributed by atoms with Crippen LogP contribution in [0.2, 0.25) is 0 Å². The summed E-state index contributed by atoms with van der Waals surface area (Å²) in [5.74, 6) is -1.50. The molecule has 5 heteroatoms. The van der Waals surface area contributed by atoms with Gasteiger partial charge in [-0.25, -0.2) is 4.79 Å². The molecule has 0 saturated carbocycles. The average molecular weight is 233 g/mol. The number of hydrogen-bond donors (Lipinski definition) is 2. The first-order valence-electron chi connectivity index (χ1n) is 5.15. The third-order valence-corrected chi connectivity index (χ3v) is 2.31. The van der Waals surface area contributed by atoms with Gasteiger partial charge in [0.2, 0.25) is 0 Å². The van der Waals surface area contributed by atoms with Gasteiger partial charge in [0.1, 0.15) is 5.75 Å². The van der Waals surface area contributed by atoms with Crippen LogP contribution in [0.1, 0.15) is 17.4 Å². The number of carbonyl (C=O) groups is 2. The number of carbonyl (C=O) groups excluding carboxylic acids is 2. The largest absolute Gasteiger partial charge is 0.508 e. The minimum Gasteiger partial charge on any atom is -0.508 e. The quantitative estimate of drug-likeness (QED) is 0.479. The van der Waals surface area contributed by atoms with Gasteiger partial charge in [0, 0.05) is 10.9 Å². The van der Waals surface area contributed by atoms with E-state index in [1.807, 2.05) is 0 Å². The van der Waals surface area contributed by atoms with Crippen molar-refractivity contribution in [2.45, 2.75) is 6.92 Å². The Hall–Kier alpha value is -2.30. The molecule has 88 valence electrons. The number of ketones is 1. The van der Waals surface area contributed by atoms with E-state index in [2.05, 4.69) is 9.72 Å². The molecule has 0 fully saturated rings. The highest BCUT2D eigenvalue weighted by molar-refractivity contribution is 6.40. The zero-order valence-electron chi connectivity index (χ0n) is 9.19. The van der Waals surface area contributed by atoms with Gasteiger partial charge in [-0.2, -0.15) is 0 Å². The van der Waals surface area contributed by atoms with Gasteiger partial charge in [0.15, 0.2) is 0 Å². The molecule has 1 aromatic carbocycles. The molecule has 0 amide bonds. The Morgan fingerprint density at radius 3 is 2.82 bits per heavy atom. The number of Topliss-reactive ketones (excluding diaryl/α,β-unsaturated/α-hetero) is 1. The van der Waals surface area contributed by atoms with Crippen molar-refractivity contribution in [1.29, 1.82) is 0 Å². The number of rotatable bonds is 3. The van der Waals surface area contributed by atoms with E-state index in [1.165, 1.54) is 18.2 Å². The normalized spacial score (nSPS) is 10.4. The first kappa shape index (κ1) is 11.2. The summed E-state index contributed by atoms with van der Waals surface area (Å²) in [6.07, 6.45) is 0. The lowest BCUT2D eigenvalue weighted by atomic mass is 10.2. The van der Waals surface area contributed by atoms with E-state index >= 15 is 0 Å². The maximum Gasteiger partial charge on any atom is 0.381 e. The highest BCUT2D eigenvalue weighted by atomic mass is 16.5. The molecular formula is C12H11NO4. The molecular weight excluding hydrogens is 222 g/mol. The molecule has 0 aliphatic rings. The van der Waals surface area contributed by atoms with E-state index in [0.29, 0.717) is 10.9 Å². The summed E-state index contributed by atoms with van der Waals surface area (Å²) in [5, 5.41) is 9.95. The Morgan fingerprint density at radius 2 is 2.12 bits per heavy atom. The second-order valence-electron chi connectivity index (χ2n) is 3.50. The highest BCUT2D eigenvalue weighted by Crippen LogP contribution is 2.20. The Morgan fingerprint density at radius 1 is 1.35 bits per heavy atom. The molecule has 2 N–H and O–H groups in total. The van der Waals surface area contributed by atoms with E-state index < -0.39 is 11.8 Å². The van der Waals surface area contributed by atoms with Gasteiger partial charge in [-0.15, -0.1) is 0 Å². The van der Waals surface area contributed by atoms with Gasteiger partial charge in [-0.1, -0.05) is 0 Å². The molecule has 0 radical (unpaired) electrons. The van der Waals surface area contributed by atoms with Crippen LogP contribution >= 0.6 is 0 Å². The molecule has 17 heavy (non-hydrogen) atoms. The molecule has 0 spiro atoms. The summed E-state index contributed by atoms with van der Waals surface area (Å²) in [6, 6.07) is 6.14. The van der Waals surface area contributed by atoms with Crippen molar-refractivity contribution in [2.24, 2.45) is 0 Å². The van der Waals surface area contributed by atoms with E-state index in [9.17, 15) is 14.7 Å². The van der Waals surface area contributed by atoms with Crippen molar-refractivity contribution in [3.63, 3.8) is 0 Å². The fourth-order valence-corrected chi connectivity index (χ4v) is 1.55. The SMILES string of the molecule is CCOC(=O)C(=O)c1cc2cc(O)ccc2[nH]1. The summed E-state index contributed by atoms with van der Waals surface area (Å²) in [5.41, 5.74) is 0.833. The minimum atomic E-state index is -0.886. The first-order valence-corrected chi connectivity index (χ1v) is 5.15. The number of esters is 1. The van der Waals surface area contributed by atoms with E-state index in [4.69, 9.17) is 0 Å². The number of aromatic hydroxyl groups is 1. The molecule has 5 nitrogen and oxygen atoms in total. The van der Waals surface area contributed by atoms with Crippen molar-refractivity contribution in [2.75, 3.05) is 6.61 Å². The van der Waals surface area contributed by atoms with Gasteiger partial charge in [0.25, 0.3) is 5.78 Å². The molecule has 2 aromatic rings. The predicted molar refractivity (Wildman–Crippen MR) is 60.9 cm³/mol. The van der Waals surface area contributed by atoms with Crippen LogP contribution in [0.3, 0.4) is 0 Å². The van der Waals surface area contributed by atoms with Crippen LogP contribution < -0.4 is 0 Å². The minimum absolute atomic E-state index is 0.103. The van der Waals surface area contributed by atoms with Crippen LogP contribution in [0.5, 0.6) is 5.75 Å². The molecule has 2 rings (SSSR count).